The number of hydrogen-bond acceptors (Lipinski definition) is 1. The van der Waals surface area contributed by atoms with Gasteiger partial charge in [0.1, 0.15) is 0 Å². The Morgan fingerprint density at radius 3 is 2.60 bits per heavy atom. The SMILES string of the molecule is CCn1ccc(CNC(C)CC(C)C)c1. The highest BCUT2D eigenvalue weighted by Crippen LogP contribution is 2.06. The van der Waals surface area contributed by atoms with Crippen LogP contribution in [-0.2, 0) is 13.1 Å². The molecule has 1 atom stereocenters. The van der Waals surface area contributed by atoms with E-state index in [2.05, 4.69) is 56.0 Å². The lowest BCUT2D eigenvalue weighted by Gasteiger charge is -2.15. The molecule has 1 unspecified atom stereocenters. The lowest BCUT2D eigenvalue weighted by molar-refractivity contribution is 0.441. The van der Waals surface area contributed by atoms with E-state index in [9.17, 15) is 0 Å². The summed E-state index contributed by atoms with van der Waals surface area (Å²) < 4.78 is 2.21. The van der Waals surface area contributed by atoms with Crippen molar-refractivity contribution in [1.29, 1.82) is 0 Å². The zero-order valence-corrected chi connectivity index (χ0v) is 10.5. The van der Waals surface area contributed by atoms with Crippen LogP contribution in [-0.4, -0.2) is 10.6 Å². The van der Waals surface area contributed by atoms with Gasteiger partial charge in [-0.2, -0.15) is 0 Å². The lowest BCUT2D eigenvalue weighted by Crippen LogP contribution is -2.26. The third-order valence-corrected chi connectivity index (χ3v) is 2.66. The van der Waals surface area contributed by atoms with E-state index < -0.39 is 0 Å². The van der Waals surface area contributed by atoms with Crippen LogP contribution in [0, 0.1) is 5.92 Å². The molecule has 1 heterocycles. The second kappa shape index (κ2) is 5.96. The van der Waals surface area contributed by atoms with Gasteiger partial charge >= 0.3 is 0 Å². The van der Waals surface area contributed by atoms with Crippen LogP contribution in [0.4, 0.5) is 0 Å². The average Bonchev–Trinajstić information content (AvgIpc) is 2.61. The molecular formula is C13H24N2. The predicted molar refractivity (Wildman–Crippen MR) is 65.9 cm³/mol. The van der Waals surface area contributed by atoms with Crippen LogP contribution in [0.2, 0.25) is 0 Å². The Labute approximate surface area is 93.7 Å². The van der Waals surface area contributed by atoms with Gasteiger partial charge in [-0.15, -0.1) is 0 Å². The first-order chi connectivity index (χ1) is 7.11. The highest BCUT2D eigenvalue weighted by atomic mass is 14.9. The van der Waals surface area contributed by atoms with Crippen molar-refractivity contribution >= 4 is 0 Å². The van der Waals surface area contributed by atoms with Gasteiger partial charge in [0.05, 0.1) is 0 Å². The summed E-state index contributed by atoms with van der Waals surface area (Å²) in [6.45, 7) is 11.0. The van der Waals surface area contributed by atoms with Crippen LogP contribution >= 0.6 is 0 Å². The van der Waals surface area contributed by atoms with Crippen LogP contribution < -0.4 is 5.32 Å². The van der Waals surface area contributed by atoms with E-state index in [1.165, 1.54) is 12.0 Å². The molecule has 0 fully saturated rings. The molecule has 2 nitrogen and oxygen atoms in total. The van der Waals surface area contributed by atoms with E-state index in [4.69, 9.17) is 0 Å². The number of aryl methyl sites for hydroxylation is 1. The molecule has 1 rings (SSSR count). The minimum Gasteiger partial charge on any atom is -0.354 e. The quantitative estimate of drug-likeness (QED) is 0.760. The van der Waals surface area contributed by atoms with Gasteiger partial charge in [-0.3, -0.25) is 0 Å². The number of aromatic nitrogens is 1. The first-order valence-corrected chi connectivity index (χ1v) is 5.99. The second-order valence-electron chi connectivity index (χ2n) is 4.76. The van der Waals surface area contributed by atoms with Crippen molar-refractivity contribution in [2.45, 2.75) is 53.2 Å². The molecular weight excluding hydrogens is 184 g/mol. The van der Waals surface area contributed by atoms with Gasteiger partial charge in [-0.1, -0.05) is 13.8 Å². The summed E-state index contributed by atoms with van der Waals surface area (Å²) in [5.74, 6) is 0.771. The van der Waals surface area contributed by atoms with E-state index in [-0.39, 0.29) is 0 Å². The summed E-state index contributed by atoms with van der Waals surface area (Å²) in [4.78, 5) is 0. The van der Waals surface area contributed by atoms with Crippen molar-refractivity contribution in [3.63, 3.8) is 0 Å². The Kier molecular flexibility index (Phi) is 4.89. The van der Waals surface area contributed by atoms with Gasteiger partial charge < -0.3 is 9.88 Å². The molecule has 0 aliphatic heterocycles. The monoisotopic (exact) mass is 208 g/mol. The summed E-state index contributed by atoms with van der Waals surface area (Å²) in [5.41, 5.74) is 1.38. The number of rotatable bonds is 6. The third kappa shape index (κ3) is 4.52. The minimum atomic E-state index is 0.606. The van der Waals surface area contributed by atoms with Crippen LogP contribution in [0.5, 0.6) is 0 Å². The Morgan fingerprint density at radius 1 is 1.33 bits per heavy atom. The standard InChI is InChI=1S/C13H24N2/c1-5-15-7-6-13(10-15)9-14-12(4)8-11(2)3/h6-7,10-12,14H,5,8-9H2,1-4H3. The van der Waals surface area contributed by atoms with Gasteiger partial charge in [-0.25, -0.2) is 0 Å². The molecule has 1 aromatic heterocycles. The molecule has 0 amide bonds. The second-order valence-corrected chi connectivity index (χ2v) is 4.76. The van der Waals surface area contributed by atoms with Gasteiger partial charge in [0, 0.05) is 31.5 Å². The molecule has 2 heteroatoms. The molecule has 0 aliphatic carbocycles. The summed E-state index contributed by atoms with van der Waals surface area (Å²) in [7, 11) is 0. The van der Waals surface area contributed by atoms with Gasteiger partial charge in [-0.05, 0) is 37.8 Å². The maximum atomic E-state index is 3.55. The Morgan fingerprint density at radius 2 is 2.07 bits per heavy atom. The normalized spacial score (nSPS) is 13.4. The fourth-order valence-corrected chi connectivity index (χ4v) is 1.87. The Bertz CT molecular complexity index is 276. The first kappa shape index (κ1) is 12.3. The molecule has 1 aromatic rings. The van der Waals surface area contributed by atoms with E-state index in [0.29, 0.717) is 6.04 Å². The predicted octanol–water partition coefficient (Wildman–Crippen LogP) is 3.03. The summed E-state index contributed by atoms with van der Waals surface area (Å²) >= 11 is 0. The molecule has 0 saturated heterocycles. The molecule has 86 valence electrons. The smallest absolute Gasteiger partial charge is 0.0223 e. The highest BCUT2D eigenvalue weighted by molar-refractivity contribution is 5.09. The fourth-order valence-electron chi connectivity index (χ4n) is 1.87. The maximum Gasteiger partial charge on any atom is 0.0223 e. The maximum absolute atomic E-state index is 3.55. The van der Waals surface area contributed by atoms with Gasteiger partial charge in [0.2, 0.25) is 0 Å². The van der Waals surface area contributed by atoms with Crippen LogP contribution in [0.1, 0.15) is 39.7 Å². The molecule has 0 radical (unpaired) electrons. The average molecular weight is 208 g/mol. The van der Waals surface area contributed by atoms with Crippen LogP contribution in [0.15, 0.2) is 18.5 Å². The van der Waals surface area contributed by atoms with Crippen LogP contribution in [0.3, 0.4) is 0 Å². The van der Waals surface area contributed by atoms with Crippen molar-refractivity contribution in [3.05, 3.63) is 24.0 Å². The van der Waals surface area contributed by atoms with E-state index >= 15 is 0 Å². The number of hydrogen-bond donors (Lipinski definition) is 1. The van der Waals surface area contributed by atoms with E-state index in [1.54, 1.807) is 0 Å². The van der Waals surface area contributed by atoms with Gasteiger partial charge in [0.25, 0.3) is 0 Å². The van der Waals surface area contributed by atoms with Crippen molar-refractivity contribution < 1.29 is 0 Å². The van der Waals surface area contributed by atoms with Crippen molar-refractivity contribution in [2.24, 2.45) is 5.92 Å². The molecule has 0 aromatic carbocycles. The minimum absolute atomic E-state index is 0.606. The summed E-state index contributed by atoms with van der Waals surface area (Å²) in [5, 5.41) is 3.55. The lowest BCUT2D eigenvalue weighted by atomic mass is 10.1. The first-order valence-electron chi connectivity index (χ1n) is 5.99. The van der Waals surface area contributed by atoms with Crippen molar-refractivity contribution in [2.75, 3.05) is 0 Å². The topological polar surface area (TPSA) is 17.0 Å². The zero-order valence-electron chi connectivity index (χ0n) is 10.5. The van der Waals surface area contributed by atoms with Crippen molar-refractivity contribution in [1.82, 2.24) is 9.88 Å². The van der Waals surface area contributed by atoms with Crippen molar-refractivity contribution in [3.8, 4) is 0 Å². The Balaban J connectivity index is 2.30. The molecule has 15 heavy (non-hydrogen) atoms. The number of nitrogens with zero attached hydrogens (tertiary/aromatic N) is 1. The summed E-state index contributed by atoms with van der Waals surface area (Å²) in [6, 6.07) is 2.80. The largest absolute Gasteiger partial charge is 0.354 e. The molecule has 0 aliphatic rings. The summed E-state index contributed by atoms with van der Waals surface area (Å²) in [6.07, 6.45) is 5.60. The van der Waals surface area contributed by atoms with E-state index in [1.807, 2.05) is 0 Å². The Hall–Kier alpha value is -0.760. The molecule has 0 saturated carbocycles. The number of nitrogens with one attached hydrogen (secondary N) is 1. The fraction of sp³-hybridized carbons (Fsp3) is 0.692. The van der Waals surface area contributed by atoms with Gasteiger partial charge in [0.15, 0.2) is 0 Å². The third-order valence-electron chi connectivity index (χ3n) is 2.66. The highest BCUT2D eigenvalue weighted by Gasteiger charge is 2.04. The zero-order chi connectivity index (χ0) is 11.3. The van der Waals surface area contributed by atoms with Crippen LogP contribution in [0.25, 0.3) is 0 Å². The molecule has 0 spiro atoms. The molecule has 0 bridgehead atoms. The molecule has 1 N–H and O–H groups in total. The van der Waals surface area contributed by atoms with E-state index in [0.717, 1.165) is 19.0 Å².